The molecule has 0 radical (unpaired) electrons. The van der Waals surface area contributed by atoms with Gasteiger partial charge < -0.3 is 5.73 Å². The molecule has 0 saturated heterocycles. The van der Waals surface area contributed by atoms with Crippen LogP contribution >= 0.6 is 0 Å². The molecule has 0 bridgehead atoms. The Balaban J connectivity index is 1.79. The summed E-state index contributed by atoms with van der Waals surface area (Å²) >= 11 is 0. The summed E-state index contributed by atoms with van der Waals surface area (Å²) in [5, 5.41) is 7.13. The third-order valence-corrected chi connectivity index (χ3v) is 3.80. The van der Waals surface area contributed by atoms with Crippen LogP contribution in [-0.2, 0) is 6.18 Å². The predicted molar refractivity (Wildman–Crippen MR) is 88.1 cm³/mol. The van der Waals surface area contributed by atoms with Crippen LogP contribution in [0.3, 0.4) is 0 Å². The lowest BCUT2D eigenvalue weighted by Gasteiger charge is -2.21. The van der Waals surface area contributed by atoms with Gasteiger partial charge >= 0.3 is 6.18 Å². The minimum Gasteiger partial charge on any atom is -0.370 e. The van der Waals surface area contributed by atoms with Crippen LogP contribution in [0, 0.1) is 0 Å². The number of benzene rings is 1. The van der Waals surface area contributed by atoms with Crippen LogP contribution in [0.25, 0.3) is 11.4 Å². The standard InChI is InChI=1S/C16H12F3N7/c17-16(18,19)11-5-1-3-9(7-11)13-23-14(20)24-15-22-12(25-26(13)15)10-4-2-6-21-8-10/h1-8,13H,(H3,20,22,23,24,25). The van der Waals surface area contributed by atoms with Gasteiger partial charge in [-0.2, -0.15) is 18.2 Å². The van der Waals surface area contributed by atoms with Crippen molar-refractivity contribution < 1.29 is 13.2 Å². The maximum absolute atomic E-state index is 13.0. The van der Waals surface area contributed by atoms with Gasteiger partial charge in [-0.05, 0) is 29.8 Å². The van der Waals surface area contributed by atoms with Gasteiger partial charge in [-0.25, -0.2) is 9.67 Å². The van der Waals surface area contributed by atoms with Crippen molar-refractivity contribution in [2.45, 2.75) is 12.3 Å². The summed E-state index contributed by atoms with van der Waals surface area (Å²) in [6.07, 6.45) is -2.11. The molecule has 0 fully saturated rings. The van der Waals surface area contributed by atoms with E-state index in [0.29, 0.717) is 22.9 Å². The van der Waals surface area contributed by atoms with Gasteiger partial charge in [0.2, 0.25) is 5.95 Å². The molecule has 26 heavy (non-hydrogen) atoms. The van der Waals surface area contributed by atoms with E-state index in [2.05, 4.69) is 25.4 Å². The molecule has 10 heteroatoms. The van der Waals surface area contributed by atoms with E-state index >= 15 is 0 Å². The summed E-state index contributed by atoms with van der Waals surface area (Å²) in [5.41, 5.74) is 5.97. The Labute approximate surface area is 145 Å². The summed E-state index contributed by atoms with van der Waals surface area (Å²) in [4.78, 5) is 12.5. The van der Waals surface area contributed by atoms with Crippen LogP contribution < -0.4 is 11.1 Å². The van der Waals surface area contributed by atoms with Gasteiger partial charge in [0.15, 0.2) is 17.9 Å². The number of hydrogen-bond donors (Lipinski definition) is 2. The fourth-order valence-corrected chi connectivity index (χ4v) is 2.62. The Morgan fingerprint density at radius 3 is 2.73 bits per heavy atom. The van der Waals surface area contributed by atoms with Gasteiger partial charge in [-0.3, -0.25) is 10.3 Å². The highest BCUT2D eigenvalue weighted by Crippen LogP contribution is 2.33. The number of nitrogens with one attached hydrogen (secondary N) is 1. The number of alkyl halides is 3. The minimum absolute atomic E-state index is 0.0463. The van der Waals surface area contributed by atoms with E-state index < -0.39 is 17.9 Å². The van der Waals surface area contributed by atoms with Crippen LogP contribution in [0.1, 0.15) is 17.3 Å². The van der Waals surface area contributed by atoms with Crippen molar-refractivity contribution in [2.24, 2.45) is 10.7 Å². The van der Waals surface area contributed by atoms with E-state index in [1.54, 1.807) is 24.5 Å². The average molecular weight is 359 g/mol. The second-order valence-corrected chi connectivity index (χ2v) is 5.58. The second kappa shape index (κ2) is 5.83. The maximum Gasteiger partial charge on any atom is 0.416 e. The molecule has 0 amide bonds. The molecule has 4 rings (SSSR count). The fourth-order valence-electron chi connectivity index (χ4n) is 2.62. The summed E-state index contributed by atoms with van der Waals surface area (Å²) in [6, 6.07) is 8.40. The fraction of sp³-hybridized carbons (Fsp3) is 0.125. The highest BCUT2D eigenvalue weighted by atomic mass is 19.4. The van der Waals surface area contributed by atoms with Gasteiger partial charge in [-0.1, -0.05) is 12.1 Å². The summed E-state index contributed by atoms with van der Waals surface area (Å²) in [7, 11) is 0. The average Bonchev–Trinajstić information content (AvgIpc) is 3.05. The molecule has 0 aliphatic carbocycles. The molecule has 2 aromatic heterocycles. The van der Waals surface area contributed by atoms with Crippen molar-refractivity contribution in [3.05, 3.63) is 59.9 Å². The minimum atomic E-state index is -4.45. The molecular formula is C16H12F3N7. The van der Waals surface area contributed by atoms with Gasteiger partial charge in [0.1, 0.15) is 0 Å². The molecule has 1 atom stereocenters. The van der Waals surface area contributed by atoms with Crippen LogP contribution in [0.5, 0.6) is 0 Å². The quantitative estimate of drug-likeness (QED) is 0.734. The Hall–Kier alpha value is -3.43. The van der Waals surface area contributed by atoms with Gasteiger partial charge in [0.05, 0.1) is 5.56 Å². The van der Waals surface area contributed by atoms with Crippen LogP contribution in [0.15, 0.2) is 53.8 Å². The molecule has 1 aromatic carbocycles. The van der Waals surface area contributed by atoms with Crippen molar-refractivity contribution in [3.63, 3.8) is 0 Å². The van der Waals surface area contributed by atoms with E-state index in [1.807, 2.05) is 0 Å². The number of nitrogens with two attached hydrogens (primary N) is 1. The lowest BCUT2D eigenvalue weighted by molar-refractivity contribution is -0.137. The van der Waals surface area contributed by atoms with E-state index in [4.69, 9.17) is 5.73 Å². The Morgan fingerprint density at radius 1 is 1.15 bits per heavy atom. The molecular weight excluding hydrogens is 347 g/mol. The first-order valence-corrected chi connectivity index (χ1v) is 7.56. The number of hydrogen-bond acceptors (Lipinski definition) is 6. The number of halogens is 3. The first kappa shape index (κ1) is 16.1. The van der Waals surface area contributed by atoms with Crippen LogP contribution in [0.2, 0.25) is 0 Å². The van der Waals surface area contributed by atoms with Crippen molar-refractivity contribution in [1.82, 2.24) is 19.7 Å². The van der Waals surface area contributed by atoms with Crippen molar-refractivity contribution >= 4 is 11.9 Å². The highest BCUT2D eigenvalue weighted by Gasteiger charge is 2.32. The Bertz CT molecular complexity index is 979. The van der Waals surface area contributed by atoms with Crippen LogP contribution in [-0.4, -0.2) is 25.7 Å². The SMILES string of the molecule is NC1=NC(c2cccc(C(F)(F)F)c2)n2nc(-c3cccnc3)nc2N1. The molecule has 3 N–H and O–H groups in total. The normalized spacial score (nSPS) is 16.6. The zero-order valence-corrected chi connectivity index (χ0v) is 13.1. The van der Waals surface area contributed by atoms with Gasteiger partial charge in [0, 0.05) is 18.0 Å². The second-order valence-electron chi connectivity index (χ2n) is 5.58. The molecule has 132 valence electrons. The first-order valence-electron chi connectivity index (χ1n) is 7.56. The predicted octanol–water partition coefficient (Wildman–Crippen LogP) is 2.65. The van der Waals surface area contributed by atoms with Crippen LogP contribution in [0.4, 0.5) is 19.1 Å². The monoisotopic (exact) mass is 359 g/mol. The van der Waals surface area contributed by atoms with Gasteiger partial charge in [0.25, 0.3) is 0 Å². The number of aromatic nitrogens is 4. The number of guanidine groups is 1. The van der Waals surface area contributed by atoms with E-state index in [1.165, 1.54) is 16.8 Å². The summed E-state index contributed by atoms with van der Waals surface area (Å²) in [6.45, 7) is 0. The van der Waals surface area contributed by atoms with E-state index in [-0.39, 0.29) is 5.96 Å². The molecule has 0 saturated carbocycles. The zero-order chi connectivity index (χ0) is 18.3. The Morgan fingerprint density at radius 2 is 2.00 bits per heavy atom. The van der Waals surface area contributed by atoms with Crippen molar-refractivity contribution in [1.29, 1.82) is 0 Å². The topological polar surface area (TPSA) is 94.0 Å². The third kappa shape index (κ3) is 2.85. The number of anilines is 1. The number of aliphatic imine (C=N–C) groups is 1. The molecule has 1 aliphatic heterocycles. The molecule has 0 spiro atoms. The Kier molecular flexibility index (Phi) is 3.60. The molecule has 1 unspecified atom stereocenters. The summed E-state index contributed by atoms with van der Waals surface area (Å²) < 4.78 is 40.5. The van der Waals surface area contributed by atoms with Gasteiger partial charge in [-0.15, -0.1) is 5.10 Å². The third-order valence-electron chi connectivity index (χ3n) is 3.80. The lowest BCUT2D eigenvalue weighted by Crippen LogP contribution is -2.32. The molecule has 1 aliphatic rings. The zero-order valence-electron chi connectivity index (χ0n) is 13.1. The molecule has 3 heterocycles. The number of nitrogens with zero attached hydrogens (tertiary/aromatic N) is 5. The molecule has 3 aromatic rings. The smallest absolute Gasteiger partial charge is 0.370 e. The first-order chi connectivity index (χ1) is 12.4. The lowest BCUT2D eigenvalue weighted by atomic mass is 10.1. The molecule has 7 nitrogen and oxygen atoms in total. The van der Waals surface area contributed by atoms with E-state index in [9.17, 15) is 13.2 Å². The summed E-state index contributed by atoms with van der Waals surface area (Å²) in [5.74, 6) is 0.700. The van der Waals surface area contributed by atoms with Crippen molar-refractivity contribution in [3.8, 4) is 11.4 Å². The highest BCUT2D eigenvalue weighted by molar-refractivity contribution is 5.92. The van der Waals surface area contributed by atoms with E-state index in [0.717, 1.165) is 12.1 Å². The van der Waals surface area contributed by atoms with Crippen molar-refractivity contribution in [2.75, 3.05) is 5.32 Å². The number of fused-ring (bicyclic) bond motifs is 1. The number of pyridine rings is 1. The maximum atomic E-state index is 13.0. The number of rotatable bonds is 2. The largest absolute Gasteiger partial charge is 0.416 e.